The molecule has 0 unspecified atom stereocenters. The first-order valence-electron chi connectivity index (χ1n) is 11.2. The first-order chi connectivity index (χ1) is 13.6. The summed E-state index contributed by atoms with van der Waals surface area (Å²) in [4.78, 5) is 12.9. The van der Waals surface area contributed by atoms with Gasteiger partial charge in [0.05, 0.1) is 0 Å². The molecule has 168 valence electrons. The number of unbranched alkanes of at least 4 members (excludes halogenated alkanes) is 9. The molecule has 0 aliphatic heterocycles. The summed E-state index contributed by atoms with van der Waals surface area (Å²) < 4.78 is 5.80. The Hall–Kier alpha value is -1.26. The maximum atomic E-state index is 10.6. The molecule has 0 radical (unpaired) electrons. The largest absolute Gasteiger partial charge is 0.492 e. The number of aryl methyl sites for hydroxylation is 1. The highest BCUT2D eigenvalue weighted by atomic mass is 35.5. The van der Waals surface area contributed by atoms with Crippen LogP contribution in [0.2, 0.25) is 0 Å². The monoisotopic (exact) mass is 427 g/mol. The van der Waals surface area contributed by atoms with E-state index < -0.39 is 5.97 Å². The fourth-order valence-corrected chi connectivity index (χ4v) is 3.30. The Morgan fingerprint density at radius 2 is 1.45 bits per heavy atom. The predicted octanol–water partition coefficient (Wildman–Crippen LogP) is 6.36. The van der Waals surface area contributed by atoms with E-state index in [9.17, 15) is 4.79 Å². The van der Waals surface area contributed by atoms with E-state index in [1.807, 2.05) is 24.3 Å². The van der Waals surface area contributed by atoms with Gasteiger partial charge in [-0.2, -0.15) is 0 Å². The molecule has 0 bridgehead atoms. The summed E-state index contributed by atoms with van der Waals surface area (Å²) >= 11 is 0. The van der Waals surface area contributed by atoms with Gasteiger partial charge in [-0.15, -0.1) is 12.4 Å². The smallest absolute Gasteiger partial charge is 0.303 e. The average Bonchev–Trinajstić information content (AvgIpc) is 2.68. The van der Waals surface area contributed by atoms with E-state index >= 15 is 0 Å². The van der Waals surface area contributed by atoms with Crippen LogP contribution in [0.3, 0.4) is 0 Å². The predicted molar refractivity (Wildman–Crippen MR) is 124 cm³/mol. The summed E-state index contributed by atoms with van der Waals surface area (Å²) in [6, 6.07) is 7.76. The van der Waals surface area contributed by atoms with Crippen molar-refractivity contribution in [3.63, 3.8) is 0 Å². The Labute approximate surface area is 184 Å². The van der Waals surface area contributed by atoms with Crippen LogP contribution in [-0.2, 0) is 11.2 Å². The molecular formula is C24H42ClNO3. The zero-order valence-electron chi connectivity index (χ0n) is 18.5. The number of likely N-dealkylation sites (N-methyl/N-ethyl adjacent to an activating group) is 1. The van der Waals surface area contributed by atoms with Gasteiger partial charge < -0.3 is 14.7 Å². The molecule has 1 aromatic carbocycles. The molecule has 4 nitrogen and oxygen atoms in total. The van der Waals surface area contributed by atoms with E-state index in [1.54, 1.807) is 0 Å². The summed E-state index contributed by atoms with van der Waals surface area (Å²) in [6.45, 7) is 5.02. The second-order valence-corrected chi connectivity index (χ2v) is 7.87. The highest BCUT2D eigenvalue weighted by Crippen LogP contribution is 2.14. The Bertz CT molecular complexity index is 507. The zero-order chi connectivity index (χ0) is 20.5. The van der Waals surface area contributed by atoms with Gasteiger partial charge in [0.25, 0.3) is 0 Å². The highest BCUT2D eigenvalue weighted by Gasteiger charge is 2.02. The Morgan fingerprint density at radius 3 is 2.00 bits per heavy atom. The van der Waals surface area contributed by atoms with Gasteiger partial charge in [0, 0.05) is 13.0 Å². The van der Waals surface area contributed by atoms with Crippen LogP contribution in [0.1, 0.15) is 83.1 Å². The van der Waals surface area contributed by atoms with Crippen molar-refractivity contribution >= 4 is 18.4 Å². The van der Waals surface area contributed by atoms with Crippen molar-refractivity contribution in [3.8, 4) is 5.75 Å². The van der Waals surface area contributed by atoms with Crippen LogP contribution >= 0.6 is 12.4 Å². The van der Waals surface area contributed by atoms with Crippen LogP contribution in [0.25, 0.3) is 0 Å². The third-order valence-corrected chi connectivity index (χ3v) is 5.19. The lowest BCUT2D eigenvalue weighted by Crippen LogP contribution is -2.25. The highest BCUT2D eigenvalue weighted by molar-refractivity contribution is 5.85. The lowest BCUT2D eigenvalue weighted by Gasteiger charge is -2.17. The van der Waals surface area contributed by atoms with E-state index in [-0.39, 0.29) is 18.8 Å². The minimum absolute atomic E-state index is 0. The van der Waals surface area contributed by atoms with Crippen molar-refractivity contribution in [1.82, 2.24) is 4.90 Å². The molecule has 1 rings (SSSR count). The van der Waals surface area contributed by atoms with Crippen molar-refractivity contribution in [1.29, 1.82) is 0 Å². The number of rotatable bonds is 18. The number of hydrogen-bond donors (Lipinski definition) is 1. The van der Waals surface area contributed by atoms with Gasteiger partial charge in [0.2, 0.25) is 0 Å². The third kappa shape index (κ3) is 16.2. The molecule has 0 fully saturated rings. The molecule has 1 aromatic rings. The fourth-order valence-electron chi connectivity index (χ4n) is 3.30. The van der Waals surface area contributed by atoms with Gasteiger partial charge in [-0.3, -0.25) is 4.79 Å². The van der Waals surface area contributed by atoms with E-state index in [0.717, 1.165) is 24.4 Å². The normalized spacial score (nSPS) is 10.7. The number of nitrogens with zero attached hydrogens (tertiary/aromatic N) is 1. The minimum Gasteiger partial charge on any atom is -0.492 e. The SMILES string of the molecule is CCCCCCCCCCCCN(C)CCOc1ccc(CCC(=O)O)cc1.Cl. The Morgan fingerprint density at radius 1 is 0.897 bits per heavy atom. The number of carboxylic acids is 1. The molecule has 0 amide bonds. The molecule has 5 heteroatoms. The Balaban J connectivity index is 0.00000784. The quantitative estimate of drug-likeness (QED) is 0.277. The van der Waals surface area contributed by atoms with Crippen molar-refractivity contribution in [2.45, 2.75) is 84.0 Å². The first kappa shape index (κ1) is 27.7. The third-order valence-electron chi connectivity index (χ3n) is 5.19. The summed E-state index contributed by atoms with van der Waals surface area (Å²) in [7, 11) is 2.16. The number of carboxylic acid groups (broad SMARTS) is 1. The minimum atomic E-state index is -0.759. The van der Waals surface area contributed by atoms with E-state index in [0.29, 0.717) is 13.0 Å². The van der Waals surface area contributed by atoms with Crippen LogP contribution in [-0.4, -0.2) is 42.7 Å². The standard InChI is InChI=1S/C24H41NO3.ClH/c1-3-4-5-6-7-8-9-10-11-12-19-25(2)20-21-28-23-16-13-22(14-17-23)15-18-24(26)27;/h13-14,16-17H,3-12,15,18-21H2,1-2H3,(H,26,27);1H. The number of halogens is 1. The van der Waals surface area contributed by atoms with Crippen molar-refractivity contribution < 1.29 is 14.6 Å². The van der Waals surface area contributed by atoms with Crippen LogP contribution in [0, 0.1) is 0 Å². The molecular weight excluding hydrogens is 386 g/mol. The second-order valence-electron chi connectivity index (χ2n) is 7.87. The lowest BCUT2D eigenvalue weighted by molar-refractivity contribution is -0.136. The van der Waals surface area contributed by atoms with Crippen LogP contribution in [0.15, 0.2) is 24.3 Å². The molecule has 0 spiro atoms. The molecule has 0 atom stereocenters. The van der Waals surface area contributed by atoms with Gasteiger partial charge >= 0.3 is 5.97 Å². The molecule has 29 heavy (non-hydrogen) atoms. The summed E-state index contributed by atoms with van der Waals surface area (Å²) in [6.07, 6.45) is 14.5. The summed E-state index contributed by atoms with van der Waals surface area (Å²) in [5.41, 5.74) is 1.04. The molecule has 1 N–H and O–H groups in total. The van der Waals surface area contributed by atoms with Gasteiger partial charge in [-0.05, 0) is 44.1 Å². The number of carbonyl (C=O) groups is 1. The lowest BCUT2D eigenvalue weighted by atomic mass is 10.1. The molecule has 0 saturated carbocycles. The van der Waals surface area contributed by atoms with Gasteiger partial charge in [-0.25, -0.2) is 0 Å². The molecule has 0 heterocycles. The van der Waals surface area contributed by atoms with Crippen LogP contribution < -0.4 is 4.74 Å². The molecule has 0 aliphatic carbocycles. The van der Waals surface area contributed by atoms with Crippen LogP contribution in [0.4, 0.5) is 0 Å². The van der Waals surface area contributed by atoms with E-state index in [4.69, 9.17) is 9.84 Å². The molecule has 0 aromatic heterocycles. The van der Waals surface area contributed by atoms with E-state index in [2.05, 4.69) is 18.9 Å². The number of benzene rings is 1. The van der Waals surface area contributed by atoms with Gasteiger partial charge in [0.1, 0.15) is 12.4 Å². The number of hydrogen-bond acceptors (Lipinski definition) is 3. The Kier molecular flexibility index (Phi) is 17.9. The van der Waals surface area contributed by atoms with Crippen molar-refractivity contribution in [3.05, 3.63) is 29.8 Å². The van der Waals surface area contributed by atoms with Crippen molar-refractivity contribution in [2.75, 3.05) is 26.7 Å². The van der Waals surface area contributed by atoms with Gasteiger partial charge in [-0.1, -0.05) is 76.8 Å². The summed E-state index contributed by atoms with van der Waals surface area (Å²) in [5.74, 6) is 0.0946. The summed E-state index contributed by atoms with van der Waals surface area (Å²) in [5, 5.41) is 8.72. The van der Waals surface area contributed by atoms with Gasteiger partial charge in [0.15, 0.2) is 0 Å². The number of aliphatic carboxylic acids is 1. The average molecular weight is 428 g/mol. The topological polar surface area (TPSA) is 49.8 Å². The van der Waals surface area contributed by atoms with Crippen molar-refractivity contribution in [2.24, 2.45) is 0 Å². The second kappa shape index (κ2) is 18.7. The molecule has 0 aliphatic rings. The molecule has 0 saturated heterocycles. The first-order valence-corrected chi connectivity index (χ1v) is 11.2. The maximum absolute atomic E-state index is 10.6. The number of ether oxygens (including phenoxy) is 1. The maximum Gasteiger partial charge on any atom is 0.303 e. The zero-order valence-corrected chi connectivity index (χ0v) is 19.4. The van der Waals surface area contributed by atoms with E-state index in [1.165, 1.54) is 64.2 Å². The van der Waals surface area contributed by atoms with Crippen LogP contribution in [0.5, 0.6) is 5.75 Å². The fraction of sp³-hybridized carbons (Fsp3) is 0.708.